The van der Waals surface area contributed by atoms with Gasteiger partial charge in [0.15, 0.2) is 0 Å². The molecule has 1 saturated heterocycles. The Hall–Kier alpha value is -0.160. The molecule has 100 valence electrons. The van der Waals surface area contributed by atoms with E-state index >= 15 is 0 Å². The third kappa shape index (κ3) is 4.21. The summed E-state index contributed by atoms with van der Waals surface area (Å²) in [6.45, 7) is 10.7. The van der Waals surface area contributed by atoms with Crippen molar-refractivity contribution in [3.8, 4) is 0 Å². The van der Waals surface area contributed by atoms with Gasteiger partial charge in [-0.25, -0.2) is 0 Å². The molecule has 2 fully saturated rings. The van der Waals surface area contributed by atoms with E-state index in [0.717, 1.165) is 45.3 Å². The molecule has 2 aliphatic rings. The molecule has 0 aromatic carbocycles. The quantitative estimate of drug-likeness (QED) is 0.704. The molecule has 17 heavy (non-hydrogen) atoms. The van der Waals surface area contributed by atoms with Crippen molar-refractivity contribution in [1.82, 2.24) is 10.2 Å². The SMILES string of the molecule is CC1(C)CC1CNCC(O)CN1CCOCC1. The number of hydrogen-bond acceptors (Lipinski definition) is 4. The van der Waals surface area contributed by atoms with Crippen LogP contribution in [0.1, 0.15) is 20.3 Å². The predicted octanol–water partition coefficient (Wildman–Crippen LogP) is 0.315. The van der Waals surface area contributed by atoms with Crippen molar-refractivity contribution >= 4 is 0 Å². The van der Waals surface area contributed by atoms with Crippen LogP contribution in [0.2, 0.25) is 0 Å². The molecule has 1 heterocycles. The van der Waals surface area contributed by atoms with E-state index in [-0.39, 0.29) is 6.10 Å². The van der Waals surface area contributed by atoms with Gasteiger partial charge in [-0.05, 0) is 24.3 Å². The van der Waals surface area contributed by atoms with Crippen LogP contribution in [-0.2, 0) is 4.74 Å². The Morgan fingerprint density at radius 3 is 2.65 bits per heavy atom. The fourth-order valence-corrected chi connectivity index (χ4v) is 2.50. The van der Waals surface area contributed by atoms with E-state index in [9.17, 15) is 5.11 Å². The molecule has 0 aromatic heterocycles. The minimum absolute atomic E-state index is 0.255. The van der Waals surface area contributed by atoms with Crippen molar-refractivity contribution in [1.29, 1.82) is 0 Å². The minimum Gasteiger partial charge on any atom is -0.390 e. The summed E-state index contributed by atoms with van der Waals surface area (Å²) >= 11 is 0. The minimum atomic E-state index is -0.255. The molecule has 4 nitrogen and oxygen atoms in total. The van der Waals surface area contributed by atoms with Gasteiger partial charge in [-0.1, -0.05) is 13.8 Å². The molecule has 1 aliphatic carbocycles. The Morgan fingerprint density at radius 2 is 2.06 bits per heavy atom. The lowest BCUT2D eigenvalue weighted by Gasteiger charge is -2.28. The second-order valence-electron chi connectivity index (χ2n) is 6.11. The van der Waals surface area contributed by atoms with Crippen LogP contribution < -0.4 is 5.32 Å². The number of nitrogens with one attached hydrogen (secondary N) is 1. The summed E-state index contributed by atoms with van der Waals surface area (Å²) in [5, 5.41) is 13.3. The zero-order valence-corrected chi connectivity index (χ0v) is 11.1. The summed E-state index contributed by atoms with van der Waals surface area (Å²) in [7, 11) is 0. The lowest BCUT2D eigenvalue weighted by Crippen LogP contribution is -2.44. The Morgan fingerprint density at radius 1 is 1.41 bits per heavy atom. The van der Waals surface area contributed by atoms with E-state index in [0.29, 0.717) is 12.0 Å². The van der Waals surface area contributed by atoms with Gasteiger partial charge in [0.1, 0.15) is 0 Å². The van der Waals surface area contributed by atoms with Gasteiger partial charge >= 0.3 is 0 Å². The van der Waals surface area contributed by atoms with E-state index in [4.69, 9.17) is 4.74 Å². The standard InChI is InChI=1S/C13H26N2O2/c1-13(2)7-11(13)8-14-9-12(16)10-15-3-5-17-6-4-15/h11-12,14,16H,3-10H2,1-2H3. The molecule has 2 unspecified atom stereocenters. The second kappa shape index (κ2) is 5.65. The third-order valence-electron chi connectivity index (χ3n) is 4.06. The Kier molecular flexibility index (Phi) is 4.42. The van der Waals surface area contributed by atoms with Crippen molar-refractivity contribution in [2.75, 3.05) is 45.9 Å². The van der Waals surface area contributed by atoms with Gasteiger partial charge in [0.2, 0.25) is 0 Å². The summed E-state index contributed by atoms with van der Waals surface area (Å²) in [4.78, 5) is 2.27. The number of aliphatic hydroxyl groups is 1. The number of nitrogens with zero attached hydrogens (tertiary/aromatic N) is 1. The van der Waals surface area contributed by atoms with Crippen LogP contribution >= 0.6 is 0 Å². The van der Waals surface area contributed by atoms with E-state index in [1.807, 2.05) is 0 Å². The molecule has 4 heteroatoms. The third-order valence-corrected chi connectivity index (χ3v) is 4.06. The van der Waals surface area contributed by atoms with Crippen molar-refractivity contribution < 1.29 is 9.84 Å². The fourth-order valence-electron chi connectivity index (χ4n) is 2.50. The maximum atomic E-state index is 9.92. The largest absolute Gasteiger partial charge is 0.390 e. The molecule has 0 bridgehead atoms. The predicted molar refractivity (Wildman–Crippen MR) is 68.0 cm³/mol. The summed E-state index contributed by atoms with van der Waals surface area (Å²) in [6.07, 6.45) is 1.06. The average molecular weight is 242 g/mol. The van der Waals surface area contributed by atoms with Crippen LogP contribution in [0.3, 0.4) is 0 Å². The molecule has 2 atom stereocenters. The summed E-state index contributed by atoms with van der Waals surface area (Å²) in [6, 6.07) is 0. The van der Waals surface area contributed by atoms with Crippen molar-refractivity contribution in [3.63, 3.8) is 0 Å². The van der Waals surface area contributed by atoms with Crippen LogP contribution in [0.4, 0.5) is 0 Å². The van der Waals surface area contributed by atoms with Crippen molar-refractivity contribution in [3.05, 3.63) is 0 Å². The molecular formula is C13H26N2O2. The monoisotopic (exact) mass is 242 g/mol. The maximum absolute atomic E-state index is 9.92. The zero-order valence-electron chi connectivity index (χ0n) is 11.1. The number of rotatable bonds is 6. The lowest BCUT2D eigenvalue weighted by molar-refractivity contribution is 0.0149. The van der Waals surface area contributed by atoms with Gasteiger partial charge in [-0.15, -0.1) is 0 Å². The summed E-state index contributed by atoms with van der Waals surface area (Å²) in [5.74, 6) is 0.804. The van der Waals surface area contributed by atoms with E-state index in [2.05, 4.69) is 24.1 Å². The molecule has 0 amide bonds. The number of hydrogen-bond donors (Lipinski definition) is 2. The van der Waals surface area contributed by atoms with Gasteiger partial charge in [0.05, 0.1) is 19.3 Å². The van der Waals surface area contributed by atoms with Crippen molar-refractivity contribution in [2.24, 2.45) is 11.3 Å². The number of β-amino-alcohol motifs (C(OH)–C–C–N with tert-alkyl or cyclic N) is 1. The fraction of sp³-hybridized carbons (Fsp3) is 1.00. The number of morpholine rings is 1. The number of aliphatic hydroxyl groups excluding tert-OH is 1. The highest BCUT2D eigenvalue weighted by atomic mass is 16.5. The zero-order chi connectivity index (χ0) is 12.3. The summed E-state index contributed by atoms with van der Waals surface area (Å²) < 4.78 is 5.29. The van der Waals surface area contributed by atoms with E-state index < -0.39 is 0 Å². The van der Waals surface area contributed by atoms with Crippen LogP contribution in [0.25, 0.3) is 0 Å². The Balaban J connectivity index is 1.53. The topological polar surface area (TPSA) is 44.7 Å². The maximum Gasteiger partial charge on any atom is 0.0791 e. The second-order valence-corrected chi connectivity index (χ2v) is 6.11. The van der Waals surface area contributed by atoms with Gasteiger partial charge in [0, 0.05) is 26.2 Å². The Bertz CT molecular complexity index is 240. The smallest absolute Gasteiger partial charge is 0.0791 e. The normalized spacial score (nSPS) is 30.2. The average Bonchev–Trinajstić information content (AvgIpc) is 2.88. The molecule has 0 radical (unpaired) electrons. The highest BCUT2D eigenvalue weighted by Crippen LogP contribution is 2.50. The first-order valence-corrected chi connectivity index (χ1v) is 6.77. The van der Waals surface area contributed by atoms with Crippen LogP contribution in [0.15, 0.2) is 0 Å². The number of ether oxygens (including phenoxy) is 1. The molecule has 1 aliphatic heterocycles. The first-order valence-electron chi connectivity index (χ1n) is 6.77. The van der Waals surface area contributed by atoms with E-state index in [1.54, 1.807) is 0 Å². The molecular weight excluding hydrogens is 216 g/mol. The van der Waals surface area contributed by atoms with Gasteiger partial charge in [-0.3, -0.25) is 4.90 Å². The molecule has 2 rings (SSSR count). The van der Waals surface area contributed by atoms with Gasteiger partial charge in [-0.2, -0.15) is 0 Å². The summed E-state index contributed by atoms with van der Waals surface area (Å²) in [5.41, 5.74) is 0.530. The molecule has 2 N–H and O–H groups in total. The molecule has 0 spiro atoms. The van der Waals surface area contributed by atoms with E-state index in [1.165, 1.54) is 6.42 Å². The molecule has 0 aromatic rings. The molecule has 1 saturated carbocycles. The lowest BCUT2D eigenvalue weighted by atomic mass is 10.1. The van der Waals surface area contributed by atoms with Crippen LogP contribution in [0, 0.1) is 11.3 Å². The van der Waals surface area contributed by atoms with Gasteiger partial charge < -0.3 is 15.2 Å². The first-order chi connectivity index (χ1) is 8.08. The Labute approximate surface area is 104 Å². The highest BCUT2D eigenvalue weighted by Gasteiger charge is 2.44. The van der Waals surface area contributed by atoms with Crippen LogP contribution in [-0.4, -0.2) is 62.0 Å². The first kappa shape index (κ1) is 13.3. The van der Waals surface area contributed by atoms with Gasteiger partial charge in [0.25, 0.3) is 0 Å². The van der Waals surface area contributed by atoms with Crippen LogP contribution in [0.5, 0.6) is 0 Å². The van der Waals surface area contributed by atoms with Crippen molar-refractivity contribution in [2.45, 2.75) is 26.4 Å². The highest BCUT2D eigenvalue weighted by molar-refractivity contribution is 4.96.